The Morgan fingerprint density at radius 3 is 2.77 bits per heavy atom. The number of aromatic nitrogens is 1. The summed E-state index contributed by atoms with van der Waals surface area (Å²) in [6.07, 6.45) is 6.14. The fourth-order valence-corrected chi connectivity index (χ4v) is 5.72. The molecule has 2 aromatic carbocycles. The predicted octanol–water partition coefficient (Wildman–Crippen LogP) is 2.77. The van der Waals surface area contributed by atoms with E-state index in [0.29, 0.717) is 30.9 Å². The van der Waals surface area contributed by atoms with Crippen LogP contribution in [0.3, 0.4) is 0 Å². The molecule has 178 valence electrons. The minimum atomic E-state index is -0.781. The van der Waals surface area contributed by atoms with Crippen LogP contribution in [-0.2, 0) is 25.5 Å². The van der Waals surface area contributed by atoms with Crippen molar-refractivity contribution in [1.29, 1.82) is 0 Å². The second-order valence-corrected chi connectivity index (χ2v) is 9.45. The Bertz CT molecular complexity index is 1360. The number of carbonyl (C=O) groups excluding carboxylic acids is 3. The molecule has 2 bridgehead atoms. The van der Waals surface area contributed by atoms with Gasteiger partial charge in [-0.25, -0.2) is 0 Å². The summed E-state index contributed by atoms with van der Waals surface area (Å²) in [7, 11) is 0. The second-order valence-electron chi connectivity index (χ2n) is 9.45. The van der Waals surface area contributed by atoms with E-state index in [9.17, 15) is 14.4 Å². The molecule has 4 heterocycles. The molecular weight excluding hydrogens is 444 g/mol. The van der Waals surface area contributed by atoms with Crippen molar-refractivity contribution in [3.05, 3.63) is 72.4 Å². The van der Waals surface area contributed by atoms with Gasteiger partial charge >= 0.3 is 0 Å². The summed E-state index contributed by atoms with van der Waals surface area (Å²) in [5.74, 6) is -1.53. The maximum absolute atomic E-state index is 13.5. The molecule has 3 aromatic rings. The molecule has 0 radical (unpaired) electrons. The van der Waals surface area contributed by atoms with Gasteiger partial charge < -0.3 is 25.3 Å². The van der Waals surface area contributed by atoms with Crippen LogP contribution in [0.5, 0.6) is 0 Å². The van der Waals surface area contributed by atoms with Crippen molar-refractivity contribution in [3.8, 4) is 0 Å². The Kier molecular flexibility index (Phi) is 5.00. The van der Waals surface area contributed by atoms with Gasteiger partial charge in [-0.1, -0.05) is 30.4 Å². The van der Waals surface area contributed by atoms with Crippen molar-refractivity contribution in [2.75, 3.05) is 23.3 Å². The highest BCUT2D eigenvalue weighted by molar-refractivity contribution is 6.03. The molecule has 3 aliphatic heterocycles. The summed E-state index contributed by atoms with van der Waals surface area (Å²) < 4.78 is 6.23. The molecule has 3 aliphatic rings. The first-order chi connectivity index (χ1) is 16.9. The SMILES string of the molecule is CC(=O)Nc1ccc(N2C[C@@]34C=C[C@H](O3)[C@@H](C(=O)NCCc3c[nH]c5ccccc35)[C@H]4C2=O)cc1. The van der Waals surface area contributed by atoms with Crippen molar-refractivity contribution in [3.63, 3.8) is 0 Å². The number of aromatic amines is 1. The highest BCUT2D eigenvalue weighted by Gasteiger charge is 2.67. The molecular formula is C27H26N4O4. The molecule has 8 nitrogen and oxygen atoms in total. The van der Waals surface area contributed by atoms with Gasteiger partial charge in [0.15, 0.2) is 0 Å². The predicted molar refractivity (Wildman–Crippen MR) is 132 cm³/mol. The van der Waals surface area contributed by atoms with Crippen molar-refractivity contribution < 1.29 is 19.1 Å². The van der Waals surface area contributed by atoms with Gasteiger partial charge in [-0.15, -0.1) is 0 Å². The van der Waals surface area contributed by atoms with Crippen molar-refractivity contribution in [2.24, 2.45) is 11.8 Å². The van der Waals surface area contributed by atoms with E-state index in [1.807, 2.05) is 36.5 Å². The number of nitrogens with one attached hydrogen (secondary N) is 3. The van der Waals surface area contributed by atoms with E-state index < -0.39 is 17.4 Å². The molecule has 2 saturated heterocycles. The third-order valence-electron chi connectivity index (χ3n) is 7.27. The fraction of sp³-hybridized carbons (Fsp3) is 0.296. The summed E-state index contributed by atoms with van der Waals surface area (Å²) in [6.45, 7) is 2.29. The molecule has 1 aromatic heterocycles. The molecule has 0 saturated carbocycles. The highest BCUT2D eigenvalue weighted by Crippen LogP contribution is 2.52. The zero-order valence-electron chi connectivity index (χ0n) is 19.3. The normalized spacial score (nSPS) is 26.4. The minimum Gasteiger partial charge on any atom is -0.361 e. The molecule has 3 amide bonds. The molecule has 8 heteroatoms. The van der Waals surface area contributed by atoms with Gasteiger partial charge in [-0.3, -0.25) is 14.4 Å². The van der Waals surface area contributed by atoms with Crippen LogP contribution in [0.15, 0.2) is 66.9 Å². The smallest absolute Gasteiger partial charge is 0.234 e. The first-order valence-electron chi connectivity index (χ1n) is 11.8. The summed E-state index contributed by atoms with van der Waals surface area (Å²) >= 11 is 0. The number of para-hydroxylation sites is 1. The lowest BCUT2D eigenvalue weighted by Crippen LogP contribution is -2.44. The average Bonchev–Trinajstić information content (AvgIpc) is 3.59. The van der Waals surface area contributed by atoms with E-state index in [-0.39, 0.29) is 23.8 Å². The Hall–Kier alpha value is -3.91. The van der Waals surface area contributed by atoms with Crippen molar-refractivity contribution in [1.82, 2.24) is 10.3 Å². The number of H-pyrrole nitrogens is 1. The second kappa shape index (κ2) is 8.09. The summed E-state index contributed by atoms with van der Waals surface area (Å²) in [5.41, 5.74) is 2.82. The van der Waals surface area contributed by atoms with Crippen LogP contribution in [0.2, 0.25) is 0 Å². The minimum absolute atomic E-state index is 0.110. The molecule has 1 spiro atoms. The molecule has 4 atom stereocenters. The summed E-state index contributed by atoms with van der Waals surface area (Å²) in [4.78, 5) is 43.0. The average molecular weight is 471 g/mol. The van der Waals surface area contributed by atoms with Gasteiger partial charge in [-0.2, -0.15) is 0 Å². The first-order valence-corrected chi connectivity index (χ1v) is 11.8. The first kappa shape index (κ1) is 21.6. The third-order valence-corrected chi connectivity index (χ3v) is 7.27. The van der Waals surface area contributed by atoms with Crippen molar-refractivity contribution in [2.45, 2.75) is 25.0 Å². The summed E-state index contributed by atoms with van der Waals surface area (Å²) in [6, 6.07) is 15.2. The van der Waals surface area contributed by atoms with Crippen molar-refractivity contribution >= 4 is 40.0 Å². The topological polar surface area (TPSA) is 104 Å². The number of hydrogen-bond donors (Lipinski definition) is 3. The van der Waals surface area contributed by atoms with Crippen LogP contribution in [0.4, 0.5) is 11.4 Å². The number of ether oxygens (including phenoxy) is 1. The lowest BCUT2D eigenvalue weighted by molar-refractivity contribution is -0.131. The number of fused-ring (bicyclic) bond motifs is 2. The van der Waals surface area contributed by atoms with Gasteiger partial charge in [0, 0.05) is 41.9 Å². The van der Waals surface area contributed by atoms with Gasteiger partial charge in [0.2, 0.25) is 17.7 Å². The maximum Gasteiger partial charge on any atom is 0.234 e. The number of nitrogens with zero attached hydrogens (tertiary/aromatic N) is 1. The Balaban J connectivity index is 1.16. The molecule has 6 rings (SSSR count). The lowest BCUT2D eigenvalue weighted by atomic mass is 9.77. The lowest BCUT2D eigenvalue weighted by Gasteiger charge is -2.23. The molecule has 2 fully saturated rings. The number of amides is 3. The van der Waals surface area contributed by atoms with Crippen LogP contribution in [-0.4, -0.2) is 47.5 Å². The largest absolute Gasteiger partial charge is 0.361 e. The van der Waals surface area contributed by atoms with Gasteiger partial charge in [0.1, 0.15) is 5.60 Å². The van der Waals surface area contributed by atoms with Crippen LogP contribution in [0.25, 0.3) is 10.9 Å². The third kappa shape index (κ3) is 3.52. The van der Waals surface area contributed by atoms with E-state index in [1.54, 1.807) is 29.2 Å². The standard InChI is InChI=1S/C27H26N4O4/c1-16(32)30-18-6-8-19(9-7-18)31-15-27-12-10-22(35-27)23(24(27)26(31)34)25(33)28-13-11-17-14-29-21-5-3-2-4-20(17)21/h2-10,12,14,22-24,29H,11,13,15H2,1H3,(H,28,33)(H,30,32)/t22-,23+,24-,27+/m0/s1. The quantitative estimate of drug-likeness (QED) is 0.482. The Morgan fingerprint density at radius 1 is 1.17 bits per heavy atom. The number of carbonyl (C=O) groups is 3. The van der Waals surface area contributed by atoms with E-state index in [1.165, 1.54) is 6.92 Å². The fourth-order valence-electron chi connectivity index (χ4n) is 5.72. The summed E-state index contributed by atoms with van der Waals surface area (Å²) in [5, 5.41) is 6.92. The van der Waals surface area contributed by atoms with Crippen LogP contribution in [0.1, 0.15) is 12.5 Å². The molecule has 0 aliphatic carbocycles. The zero-order valence-corrected chi connectivity index (χ0v) is 19.3. The van der Waals surface area contributed by atoms with E-state index in [2.05, 4.69) is 21.7 Å². The van der Waals surface area contributed by atoms with E-state index >= 15 is 0 Å². The number of anilines is 2. The maximum atomic E-state index is 13.5. The Labute approximate surface area is 202 Å². The van der Waals surface area contributed by atoms with Crippen LogP contribution < -0.4 is 15.5 Å². The zero-order chi connectivity index (χ0) is 24.2. The van der Waals surface area contributed by atoms with Crippen LogP contribution >= 0.6 is 0 Å². The van der Waals surface area contributed by atoms with E-state index in [4.69, 9.17) is 4.74 Å². The molecule has 0 unspecified atom stereocenters. The highest BCUT2D eigenvalue weighted by atomic mass is 16.5. The van der Waals surface area contributed by atoms with Gasteiger partial charge in [-0.05, 0) is 42.3 Å². The number of hydrogen-bond acceptors (Lipinski definition) is 4. The van der Waals surface area contributed by atoms with Gasteiger partial charge in [0.05, 0.1) is 24.5 Å². The number of rotatable bonds is 6. The monoisotopic (exact) mass is 470 g/mol. The van der Waals surface area contributed by atoms with Crippen LogP contribution in [0, 0.1) is 11.8 Å². The van der Waals surface area contributed by atoms with Gasteiger partial charge in [0.25, 0.3) is 0 Å². The number of benzene rings is 2. The Morgan fingerprint density at radius 2 is 1.97 bits per heavy atom. The van der Waals surface area contributed by atoms with E-state index in [0.717, 1.165) is 16.5 Å². The molecule has 3 N–H and O–H groups in total. The molecule has 35 heavy (non-hydrogen) atoms.